The monoisotopic (exact) mass is 466 g/mol. The van der Waals surface area contributed by atoms with Gasteiger partial charge in [-0.05, 0) is 42.8 Å². The van der Waals surface area contributed by atoms with E-state index in [0.717, 1.165) is 29.5 Å². The molecule has 1 heterocycles. The van der Waals surface area contributed by atoms with E-state index in [-0.39, 0.29) is 37.2 Å². The van der Waals surface area contributed by atoms with Crippen molar-refractivity contribution in [2.45, 2.75) is 13.1 Å². The number of alkyl halides is 3. The molecule has 2 aromatic carbocycles. The minimum atomic E-state index is -4.97. The van der Waals surface area contributed by atoms with Gasteiger partial charge in [0.2, 0.25) is 0 Å². The summed E-state index contributed by atoms with van der Waals surface area (Å²) < 4.78 is 54.5. The molecule has 0 atom stereocenters. The topological polar surface area (TPSA) is 109 Å². The average molecular weight is 467 g/mol. The van der Waals surface area contributed by atoms with Crippen LogP contribution in [0.25, 0.3) is 10.2 Å². The number of fused-ring (bicyclic) bond motifs is 1. The highest BCUT2D eigenvalue weighted by molar-refractivity contribution is 7.46. The van der Waals surface area contributed by atoms with E-state index in [9.17, 15) is 22.5 Å². The van der Waals surface area contributed by atoms with E-state index in [1.807, 2.05) is 0 Å². The van der Waals surface area contributed by atoms with Gasteiger partial charge >= 0.3 is 14.0 Å². The number of phosphoric ester groups is 1. The summed E-state index contributed by atoms with van der Waals surface area (Å²) in [7, 11) is -4.97. The van der Waals surface area contributed by atoms with Crippen LogP contribution in [0.5, 0.6) is 5.75 Å². The van der Waals surface area contributed by atoms with Crippen molar-refractivity contribution >= 4 is 52.0 Å². The largest absolute Gasteiger partial charge is 0.524 e. The molecule has 0 unspecified atom stereocenters. The maximum absolute atomic E-state index is 12.8. The Morgan fingerprint density at radius 2 is 1.97 bits per heavy atom. The van der Waals surface area contributed by atoms with Gasteiger partial charge in [0, 0.05) is 5.02 Å². The molecule has 3 rings (SSSR count). The van der Waals surface area contributed by atoms with E-state index in [2.05, 4.69) is 14.8 Å². The Balaban J connectivity index is 1.95. The zero-order chi connectivity index (χ0) is 21.6. The van der Waals surface area contributed by atoms with Crippen molar-refractivity contribution in [3.63, 3.8) is 0 Å². The maximum Gasteiger partial charge on any atom is 0.524 e. The minimum absolute atomic E-state index is 0.0101. The Bertz CT molecular complexity index is 1160. The molecule has 0 fully saturated rings. The SMILES string of the molecule is Cc1cc(Cl)cc(C(=O)Nc2nc3ccc(C(F)(F)F)cc3s2)c1OP(=O)(O)O. The Morgan fingerprint density at radius 1 is 1.28 bits per heavy atom. The lowest BCUT2D eigenvalue weighted by Gasteiger charge is -2.14. The number of benzene rings is 2. The average Bonchev–Trinajstić information content (AvgIpc) is 2.96. The first kappa shape index (κ1) is 21.5. The van der Waals surface area contributed by atoms with Gasteiger partial charge in [-0.15, -0.1) is 0 Å². The Morgan fingerprint density at radius 3 is 2.59 bits per heavy atom. The van der Waals surface area contributed by atoms with Crippen LogP contribution in [-0.2, 0) is 10.7 Å². The highest BCUT2D eigenvalue weighted by atomic mass is 35.5. The number of aryl methyl sites for hydroxylation is 1. The van der Waals surface area contributed by atoms with Gasteiger partial charge in [0.05, 0.1) is 21.3 Å². The summed E-state index contributed by atoms with van der Waals surface area (Å²) in [6.45, 7) is 1.43. The van der Waals surface area contributed by atoms with Gasteiger partial charge in [0.25, 0.3) is 5.91 Å². The van der Waals surface area contributed by atoms with Crippen LogP contribution in [0.4, 0.5) is 18.3 Å². The van der Waals surface area contributed by atoms with Gasteiger partial charge in [-0.2, -0.15) is 13.2 Å². The predicted molar refractivity (Wildman–Crippen MR) is 101 cm³/mol. The number of carbonyl (C=O) groups is 1. The molecular weight excluding hydrogens is 456 g/mol. The van der Waals surface area contributed by atoms with Gasteiger partial charge in [-0.25, -0.2) is 9.55 Å². The van der Waals surface area contributed by atoms with Crippen LogP contribution in [0.1, 0.15) is 21.5 Å². The van der Waals surface area contributed by atoms with Crippen molar-refractivity contribution in [2.75, 3.05) is 5.32 Å². The molecule has 7 nitrogen and oxygen atoms in total. The third kappa shape index (κ3) is 5.06. The van der Waals surface area contributed by atoms with Crippen LogP contribution in [0, 0.1) is 6.92 Å². The Kier molecular flexibility index (Phi) is 5.63. The highest BCUT2D eigenvalue weighted by Crippen LogP contribution is 2.42. The standard InChI is InChI=1S/C16H11ClF3N2O5PS/c1-7-4-9(17)6-10(13(7)27-28(24,25)26)14(23)22-15-21-11-3-2-8(16(18,19)20)5-12(11)29-15/h2-6H,1H3,(H,21,22,23)(H2,24,25,26). The first-order valence-corrected chi connectivity index (χ1v) is 10.4. The third-order valence-corrected chi connectivity index (χ3v) is 5.20. The molecule has 1 aromatic heterocycles. The lowest BCUT2D eigenvalue weighted by atomic mass is 10.1. The van der Waals surface area contributed by atoms with Gasteiger partial charge in [-0.1, -0.05) is 22.9 Å². The van der Waals surface area contributed by atoms with Crippen molar-refractivity contribution < 1.29 is 36.8 Å². The second-order valence-corrected chi connectivity index (χ2v) is 8.47. The van der Waals surface area contributed by atoms with Crippen LogP contribution in [0.15, 0.2) is 30.3 Å². The fourth-order valence-electron chi connectivity index (χ4n) is 2.46. The van der Waals surface area contributed by atoms with E-state index in [1.54, 1.807) is 0 Å². The van der Waals surface area contributed by atoms with Crippen molar-refractivity contribution in [1.29, 1.82) is 0 Å². The summed E-state index contributed by atoms with van der Waals surface area (Å²) in [6, 6.07) is 5.45. The number of halogens is 4. The molecule has 0 aliphatic heterocycles. The lowest BCUT2D eigenvalue weighted by molar-refractivity contribution is -0.137. The smallest absolute Gasteiger partial charge is 0.403 e. The zero-order valence-electron chi connectivity index (χ0n) is 14.3. The fraction of sp³-hybridized carbons (Fsp3) is 0.125. The number of hydrogen-bond donors (Lipinski definition) is 3. The van der Waals surface area contributed by atoms with Crippen LogP contribution >= 0.6 is 30.8 Å². The maximum atomic E-state index is 12.8. The van der Waals surface area contributed by atoms with E-state index in [0.29, 0.717) is 0 Å². The predicted octanol–water partition coefficient (Wildman–Crippen LogP) is 5.00. The first-order chi connectivity index (χ1) is 13.3. The normalized spacial score (nSPS) is 12.2. The third-order valence-electron chi connectivity index (χ3n) is 3.63. The number of hydrogen-bond acceptors (Lipinski definition) is 5. The number of anilines is 1. The fourth-order valence-corrected chi connectivity index (χ4v) is 4.11. The number of aromatic nitrogens is 1. The molecule has 0 saturated heterocycles. The molecule has 3 aromatic rings. The number of rotatable bonds is 4. The van der Waals surface area contributed by atoms with Gasteiger partial charge in [-0.3, -0.25) is 19.9 Å². The molecule has 13 heteroatoms. The molecule has 0 saturated carbocycles. The number of thiazole rings is 1. The molecule has 154 valence electrons. The lowest BCUT2D eigenvalue weighted by Crippen LogP contribution is -2.14. The summed E-state index contributed by atoms with van der Waals surface area (Å²) in [4.78, 5) is 34.8. The Labute approximate surface area is 170 Å². The van der Waals surface area contributed by atoms with E-state index >= 15 is 0 Å². The minimum Gasteiger partial charge on any atom is -0.403 e. The second kappa shape index (κ2) is 7.58. The van der Waals surface area contributed by atoms with Crippen molar-refractivity contribution in [1.82, 2.24) is 4.98 Å². The molecule has 1 amide bonds. The van der Waals surface area contributed by atoms with Crippen LogP contribution in [-0.4, -0.2) is 20.7 Å². The van der Waals surface area contributed by atoms with Crippen molar-refractivity contribution in [3.05, 3.63) is 52.0 Å². The number of carbonyl (C=O) groups excluding carboxylic acids is 1. The number of nitrogens with zero attached hydrogens (tertiary/aromatic N) is 1. The van der Waals surface area contributed by atoms with E-state index in [4.69, 9.17) is 21.4 Å². The zero-order valence-corrected chi connectivity index (χ0v) is 16.8. The van der Waals surface area contributed by atoms with Crippen LogP contribution in [0.2, 0.25) is 5.02 Å². The summed E-state index contributed by atoms with van der Waals surface area (Å²) >= 11 is 6.72. The van der Waals surface area contributed by atoms with Gasteiger partial charge < -0.3 is 4.52 Å². The van der Waals surface area contributed by atoms with Gasteiger partial charge in [0.1, 0.15) is 5.75 Å². The number of phosphoric acid groups is 1. The van der Waals surface area contributed by atoms with Crippen molar-refractivity contribution in [2.24, 2.45) is 0 Å². The van der Waals surface area contributed by atoms with Gasteiger partial charge in [0.15, 0.2) is 5.13 Å². The van der Waals surface area contributed by atoms with Crippen molar-refractivity contribution in [3.8, 4) is 5.75 Å². The molecule has 0 spiro atoms. The number of amides is 1. The van der Waals surface area contributed by atoms with E-state index in [1.165, 1.54) is 19.1 Å². The summed E-state index contributed by atoms with van der Waals surface area (Å²) in [5.74, 6) is -1.23. The quantitative estimate of drug-likeness (QED) is 0.467. The van der Waals surface area contributed by atoms with E-state index < -0.39 is 25.5 Å². The highest BCUT2D eigenvalue weighted by Gasteiger charge is 2.31. The second-order valence-electron chi connectivity index (χ2n) is 5.83. The summed E-state index contributed by atoms with van der Waals surface area (Å²) in [5, 5.41) is 2.49. The molecule has 3 N–H and O–H groups in total. The summed E-state index contributed by atoms with van der Waals surface area (Å²) in [5.41, 5.74) is -0.680. The van der Waals surface area contributed by atoms with Crippen LogP contribution in [0.3, 0.4) is 0 Å². The molecule has 0 aliphatic rings. The van der Waals surface area contributed by atoms with Crippen LogP contribution < -0.4 is 9.84 Å². The first-order valence-electron chi connectivity index (χ1n) is 7.68. The molecular formula is C16H11ClF3N2O5PS. The Hall–Kier alpha value is -2.17. The molecule has 29 heavy (non-hydrogen) atoms. The molecule has 0 bridgehead atoms. The summed E-state index contributed by atoms with van der Waals surface area (Å²) in [6.07, 6.45) is -4.52. The molecule has 0 radical (unpaired) electrons. The number of nitrogens with one attached hydrogen (secondary N) is 1. The molecule has 0 aliphatic carbocycles.